The summed E-state index contributed by atoms with van der Waals surface area (Å²) in [4.78, 5) is 18.6. The Morgan fingerprint density at radius 2 is 2.17 bits per heavy atom. The number of aryl methyl sites for hydroxylation is 3. The lowest BCUT2D eigenvalue weighted by molar-refractivity contribution is 0.0944. The molecule has 0 unspecified atom stereocenters. The highest BCUT2D eigenvalue weighted by Gasteiger charge is 2.10. The third-order valence-electron chi connectivity index (χ3n) is 2.86. The van der Waals surface area contributed by atoms with Gasteiger partial charge in [-0.2, -0.15) is 5.10 Å². The number of hydrogen-bond acceptors (Lipinski definition) is 3. The molecule has 0 fully saturated rings. The number of rotatable bonds is 4. The molecule has 2 aromatic rings. The van der Waals surface area contributed by atoms with Crippen LogP contribution >= 0.6 is 0 Å². The molecule has 1 amide bonds. The zero-order valence-electron chi connectivity index (χ0n) is 10.8. The van der Waals surface area contributed by atoms with E-state index in [1.165, 1.54) is 0 Å². The van der Waals surface area contributed by atoms with Gasteiger partial charge in [-0.05, 0) is 32.8 Å². The fraction of sp³-hybridized carbons (Fsp3) is 0.417. The smallest absolute Gasteiger partial charge is 0.287 e. The lowest BCUT2D eigenvalue weighted by Crippen LogP contribution is -2.26. The molecule has 2 rings (SSSR count). The second-order valence-corrected chi connectivity index (χ2v) is 4.33. The number of imidazole rings is 1. The van der Waals surface area contributed by atoms with Gasteiger partial charge in [0.25, 0.3) is 5.91 Å². The molecule has 3 N–H and O–H groups in total. The molecule has 0 radical (unpaired) electrons. The van der Waals surface area contributed by atoms with E-state index in [2.05, 4.69) is 25.5 Å². The van der Waals surface area contributed by atoms with Crippen LogP contribution in [-0.4, -0.2) is 32.6 Å². The van der Waals surface area contributed by atoms with Crippen LogP contribution in [0.4, 0.5) is 0 Å². The molecule has 18 heavy (non-hydrogen) atoms. The number of amides is 1. The third kappa shape index (κ3) is 2.58. The molecule has 0 bridgehead atoms. The molecule has 6 nitrogen and oxygen atoms in total. The molecule has 2 aromatic heterocycles. The van der Waals surface area contributed by atoms with Crippen molar-refractivity contribution in [1.82, 2.24) is 25.5 Å². The van der Waals surface area contributed by atoms with Crippen molar-refractivity contribution in [3.8, 4) is 0 Å². The maximum atomic E-state index is 11.7. The summed E-state index contributed by atoms with van der Waals surface area (Å²) in [5, 5.41) is 9.88. The van der Waals surface area contributed by atoms with Crippen molar-refractivity contribution < 1.29 is 4.79 Å². The monoisotopic (exact) mass is 247 g/mol. The Kier molecular flexibility index (Phi) is 3.45. The van der Waals surface area contributed by atoms with Crippen molar-refractivity contribution in [3.05, 3.63) is 34.7 Å². The molecule has 0 spiro atoms. The molecule has 0 aromatic carbocycles. The predicted molar refractivity (Wildman–Crippen MR) is 67.4 cm³/mol. The van der Waals surface area contributed by atoms with E-state index in [4.69, 9.17) is 0 Å². The average Bonchev–Trinajstić information content (AvgIpc) is 2.89. The summed E-state index contributed by atoms with van der Waals surface area (Å²) < 4.78 is 0. The Balaban J connectivity index is 1.88. The summed E-state index contributed by atoms with van der Waals surface area (Å²) in [6, 6.07) is 0. The zero-order chi connectivity index (χ0) is 13.1. The maximum Gasteiger partial charge on any atom is 0.287 e. The lowest BCUT2D eigenvalue weighted by Gasteiger charge is -2.03. The van der Waals surface area contributed by atoms with Crippen molar-refractivity contribution >= 4 is 5.91 Å². The van der Waals surface area contributed by atoms with Crippen LogP contribution in [0, 0.1) is 20.8 Å². The Labute approximate surface area is 105 Å². The minimum absolute atomic E-state index is 0.179. The number of aromatic nitrogens is 4. The van der Waals surface area contributed by atoms with Gasteiger partial charge in [0.05, 0.1) is 5.69 Å². The molecule has 0 aliphatic heterocycles. The molecule has 6 heteroatoms. The average molecular weight is 247 g/mol. The van der Waals surface area contributed by atoms with Gasteiger partial charge in [-0.25, -0.2) is 4.98 Å². The molecule has 0 aliphatic carbocycles. The van der Waals surface area contributed by atoms with Crippen LogP contribution in [0.5, 0.6) is 0 Å². The number of H-pyrrole nitrogens is 2. The largest absolute Gasteiger partial charge is 0.349 e. The van der Waals surface area contributed by atoms with Crippen LogP contribution < -0.4 is 5.32 Å². The van der Waals surface area contributed by atoms with Gasteiger partial charge in [-0.1, -0.05) is 0 Å². The van der Waals surface area contributed by atoms with E-state index in [0.29, 0.717) is 12.4 Å². The molecular formula is C12H17N5O. The molecule has 0 aliphatic rings. The normalized spacial score (nSPS) is 10.6. The second-order valence-electron chi connectivity index (χ2n) is 4.33. The van der Waals surface area contributed by atoms with E-state index in [0.717, 1.165) is 29.1 Å². The van der Waals surface area contributed by atoms with E-state index < -0.39 is 0 Å². The topological polar surface area (TPSA) is 86.5 Å². The number of carbonyl (C=O) groups is 1. The van der Waals surface area contributed by atoms with Gasteiger partial charge in [0.1, 0.15) is 0 Å². The lowest BCUT2D eigenvalue weighted by atomic mass is 10.1. The molecule has 2 heterocycles. The second kappa shape index (κ2) is 5.03. The first-order valence-corrected chi connectivity index (χ1v) is 5.88. The number of nitrogens with one attached hydrogen (secondary N) is 3. The summed E-state index contributed by atoms with van der Waals surface area (Å²) in [6.07, 6.45) is 2.40. The summed E-state index contributed by atoms with van der Waals surface area (Å²) in [7, 11) is 0. The molecule has 96 valence electrons. The highest BCUT2D eigenvalue weighted by atomic mass is 16.2. The summed E-state index contributed by atoms with van der Waals surface area (Å²) in [5.74, 6) is 0.176. The quantitative estimate of drug-likeness (QED) is 0.754. The number of hydrogen-bond donors (Lipinski definition) is 3. The Morgan fingerprint density at radius 1 is 1.39 bits per heavy atom. The van der Waals surface area contributed by atoms with Crippen molar-refractivity contribution in [2.24, 2.45) is 0 Å². The first-order valence-electron chi connectivity index (χ1n) is 5.88. The van der Waals surface area contributed by atoms with Gasteiger partial charge in [0.15, 0.2) is 5.82 Å². The van der Waals surface area contributed by atoms with Crippen molar-refractivity contribution in [3.63, 3.8) is 0 Å². The minimum Gasteiger partial charge on any atom is -0.349 e. The Morgan fingerprint density at radius 3 is 2.72 bits per heavy atom. The Bertz CT molecular complexity index is 535. The Hall–Kier alpha value is -2.11. The van der Waals surface area contributed by atoms with Gasteiger partial charge < -0.3 is 10.3 Å². The van der Waals surface area contributed by atoms with Crippen molar-refractivity contribution in [2.45, 2.75) is 27.2 Å². The molecule has 0 saturated heterocycles. The van der Waals surface area contributed by atoms with Gasteiger partial charge in [-0.3, -0.25) is 9.89 Å². The summed E-state index contributed by atoms with van der Waals surface area (Å²) in [6.45, 7) is 6.37. The highest BCUT2D eigenvalue weighted by molar-refractivity contribution is 5.90. The molecular weight excluding hydrogens is 230 g/mol. The first kappa shape index (κ1) is 12.3. The third-order valence-corrected chi connectivity index (χ3v) is 2.86. The van der Waals surface area contributed by atoms with Crippen LogP contribution in [-0.2, 0) is 6.42 Å². The minimum atomic E-state index is -0.179. The summed E-state index contributed by atoms with van der Waals surface area (Å²) in [5.41, 5.74) is 4.07. The fourth-order valence-electron chi connectivity index (χ4n) is 1.86. The maximum absolute atomic E-state index is 11.7. The summed E-state index contributed by atoms with van der Waals surface area (Å²) >= 11 is 0. The first-order chi connectivity index (χ1) is 8.58. The molecule has 0 atom stereocenters. The number of aromatic amines is 2. The predicted octanol–water partition coefficient (Wildman–Crippen LogP) is 1.03. The van der Waals surface area contributed by atoms with Gasteiger partial charge in [0.2, 0.25) is 0 Å². The number of carbonyl (C=O) groups excluding carboxylic acids is 1. The fourth-order valence-corrected chi connectivity index (χ4v) is 1.86. The standard InChI is InChI=1S/C12H17N5O/c1-7-6-14-11(15-7)12(18)13-5-4-10-8(2)16-17-9(10)3/h6H,4-5H2,1-3H3,(H,13,18)(H,14,15)(H,16,17). The van der Waals surface area contributed by atoms with E-state index in [1.54, 1.807) is 6.20 Å². The van der Waals surface area contributed by atoms with Crippen molar-refractivity contribution in [2.75, 3.05) is 6.54 Å². The zero-order valence-corrected chi connectivity index (χ0v) is 10.8. The van der Waals surface area contributed by atoms with Crippen molar-refractivity contribution in [1.29, 1.82) is 0 Å². The van der Waals surface area contributed by atoms with Gasteiger partial charge >= 0.3 is 0 Å². The van der Waals surface area contributed by atoms with Crippen LogP contribution in [0.15, 0.2) is 6.20 Å². The van der Waals surface area contributed by atoms with Crippen LogP contribution in [0.2, 0.25) is 0 Å². The van der Waals surface area contributed by atoms with Crippen LogP contribution in [0.3, 0.4) is 0 Å². The van der Waals surface area contributed by atoms with Crippen LogP contribution in [0.1, 0.15) is 33.3 Å². The van der Waals surface area contributed by atoms with Crippen LogP contribution in [0.25, 0.3) is 0 Å². The van der Waals surface area contributed by atoms with Gasteiger partial charge in [-0.15, -0.1) is 0 Å². The van der Waals surface area contributed by atoms with E-state index in [-0.39, 0.29) is 5.91 Å². The SMILES string of the molecule is Cc1cnc(C(=O)NCCc2c(C)n[nH]c2C)[nH]1. The highest BCUT2D eigenvalue weighted by Crippen LogP contribution is 2.09. The molecule has 0 saturated carbocycles. The van der Waals surface area contributed by atoms with E-state index in [9.17, 15) is 4.79 Å². The van der Waals surface area contributed by atoms with E-state index in [1.807, 2.05) is 20.8 Å². The number of nitrogens with zero attached hydrogens (tertiary/aromatic N) is 2. The van der Waals surface area contributed by atoms with E-state index >= 15 is 0 Å². The van der Waals surface area contributed by atoms with Gasteiger partial charge in [0, 0.05) is 24.1 Å².